The average molecular weight is 341 g/mol. The first-order valence-electron chi connectivity index (χ1n) is 9.04. The van der Waals surface area contributed by atoms with Crippen molar-refractivity contribution in [2.45, 2.75) is 83.3 Å². The summed E-state index contributed by atoms with van der Waals surface area (Å²) in [5.74, 6) is -0.293. The molecule has 0 fully saturated rings. The highest BCUT2D eigenvalue weighted by Crippen LogP contribution is 2.14. The van der Waals surface area contributed by atoms with Gasteiger partial charge in [0, 0.05) is 0 Å². The summed E-state index contributed by atoms with van der Waals surface area (Å²) in [5.41, 5.74) is 1.82. The molecule has 0 spiro atoms. The number of benzene rings is 1. The van der Waals surface area contributed by atoms with Crippen LogP contribution in [0.15, 0.2) is 24.3 Å². The Morgan fingerprint density at radius 3 is 1.91 bits per heavy atom. The lowest BCUT2D eigenvalue weighted by molar-refractivity contribution is 0.482. The monoisotopic (exact) mass is 340 g/mol. The van der Waals surface area contributed by atoms with Crippen LogP contribution >= 0.6 is 0 Å². The van der Waals surface area contributed by atoms with Crippen LogP contribution in [0.25, 0.3) is 0 Å². The van der Waals surface area contributed by atoms with Crippen LogP contribution in [-0.4, -0.2) is 13.0 Å². The molecule has 132 valence electrons. The molecule has 0 unspecified atom stereocenters. The van der Waals surface area contributed by atoms with Crippen LogP contribution in [0.2, 0.25) is 0 Å². The van der Waals surface area contributed by atoms with Crippen LogP contribution in [0.5, 0.6) is 0 Å². The Balaban J connectivity index is 2.11. The van der Waals surface area contributed by atoms with E-state index < -0.39 is 10.1 Å². The van der Waals surface area contributed by atoms with Gasteiger partial charge in [-0.05, 0) is 24.0 Å². The molecule has 3 nitrogen and oxygen atoms in total. The van der Waals surface area contributed by atoms with Crippen molar-refractivity contribution in [3.8, 4) is 0 Å². The van der Waals surface area contributed by atoms with Gasteiger partial charge >= 0.3 is 0 Å². The van der Waals surface area contributed by atoms with Crippen LogP contribution in [0.1, 0.15) is 82.3 Å². The quantitative estimate of drug-likeness (QED) is 0.379. The second-order valence-electron chi connectivity index (χ2n) is 6.48. The minimum atomic E-state index is -3.94. The summed E-state index contributed by atoms with van der Waals surface area (Å²) in [6.45, 7) is 2.25. The Morgan fingerprint density at radius 1 is 0.826 bits per heavy atom. The van der Waals surface area contributed by atoms with E-state index in [1.165, 1.54) is 57.8 Å². The fraction of sp³-hybridized carbons (Fsp3) is 0.684. The maximum Gasteiger partial charge on any atom is 0.269 e. The third-order valence-corrected chi connectivity index (χ3v) is 4.86. The topological polar surface area (TPSA) is 54.4 Å². The van der Waals surface area contributed by atoms with E-state index in [-0.39, 0.29) is 5.75 Å². The first kappa shape index (κ1) is 20.2. The van der Waals surface area contributed by atoms with E-state index in [0.29, 0.717) is 5.56 Å². The smallest absolute Gasteiger partial charge is 0.269 e. The molecule has 1 N–H and O–H groups in total. The maximum atomic E-state index is 10.9. The summed E-state index contributed by atoms with van der Waals surface area (Å²) in [6.07, 6.45) is 14.2. The van der Waals surface area contributed by atoms with Crippen LogP contribution in [0.3, 0.4) is 0 Å². The predicted molar refractivity (Wildman–Crippen MR) is 97.2 cm³/mol. The van der Waals surface area contributed by atoms with Crippen molar-refractivity contribution in [3.63, 3.8) is 0 Å². The molecular weight excluding hydrogens is 308 g/mol. The Kier molecular flexibility index (Phi) is 10.2. The minimum Gasteiger partial charge on any atom is -0.285 e. The first-order valence-corrected chi connectivity index (χ1v) is 10.6. The molecule has 0 saturated carbocycles. The van der Waals surface area contributed by atoms with Crippen molar-refractivity contribution in [2.24, 2.45) is 0 Å². The van der Waals surface area contributed by atoms with Gasteiger partial charge in [0.1, 0.15) is 5.75 Å². The van der Waals surface area contributed by atoms with Gasteiger partial charge in [0.15, 0.2) is 0 Å². The molecule has 4 heteroatoms. The lowest BCUT2D eigenvalue weighted by Gasteiger charge is -2.05. The maximum absolute atomic E-state index is 10.9. The van der Waals surface area contributed by atoms with E-state index in [2.05, 4.69) is 6.92 Å². The zero-order chi connectivity index (χ0) is 17.0. The third-order valence-electron chi connectivity index (χ3n) is 4.16. The summed E-state index contributed by atoms with van der Waals surface area (Å²) in [4.78, 5) is 0. The molecule has 1 aromatic rings. The molecule has 0 aliphatic carbocycles. The van der Waals surface area contributed by atoms with Crippen molar-refractivity contribution in [3.05, 3.63) is 35.4 Å². The number of hydrogen-bond acceptors (Lipinski definition) is 2. The van der Waals surface area contributed by atoms with E-state index in [1.54, 1.807) is 6.07 Å². The number of hydrogen-bond donors (Lipinski definition) is 1. The molecule has 0 aliphatic heterocycles. The van der Waals surface area contributed by atoms with Gasteiger partial charge in [-0.15, -0.1) is 0 Å². The molecule has 0 aromatic heterocycles. The normalized spacial score (nSPS) is 11.7. The summed E-state index contributed by atoms with van der Waals surface area (Å²) >= 11 is 0. The van der Waals surface area contributed by atoms with Gasteiger partial charge in [-0.25, -0.2) is 0 Å². The van der Waals surface area contributed by atoms with Crippen molar-refractivity contribution >= 4 is 10.1 Å². The molecule has 0 saturated heterocycles. The molecule has 0 amide bonds. The van der Waals surface area contributed by atoms with Crippen LogP contribution in [0.4, 0.5) is 0 Å². The highest BCUT2D eigenvalue weighted by molar-refractivity contribution is 7.85. The zero-order valence-electron chi connectivity index (χ0n) is 14.5. The van der Waals surface area contributed by atoms with Gasteiger partial charge in [-0.3, -0.25) is 4.55 Å². The van der Waals surface area contributed by atoms with Gasteiger partial charge < -0.3 is 0 Å². The van der Waals surface area contributed by atoms with Crippen molar-refractivity contribution in [1.29, 1.82) is 0 Å². The Labute approximate surface area is 142 Å². The Bertz CT molecular complexity index is 523. The van der Waals surface area contributed by atoms with E-state index >= 15 is 0 Å². The van der Waals surface area contributed by atoms with E-state index in [9.17, 15) is 8.42 Å². The molecule has 1 aromatic carbocycles. The highest BCUT2D eigenvalue weighted by atomic mass is 32.2. The third kappa shape index (κ3) is 11.3. The fourth-order valence-corrected chi connectivity index (χ4v) is 3.50. The predicted octanol–water partition coefficient (Wildman–Crippen LogP) is 5.54. The second kappa shape index (κ2) is 11.6. The van der Waals surface area contributed by atoms with Gasteiger partial charge in [-0.1, -0.05) is 89.0 Å². The summed E-state index contributed by atoms with van der Waals surface area (Å²) in [5, 5.41) is 0. The van der Waals surface area contributed by atoms with E-state index in [0.717, 1.165) is 18.4 Å². The van der Waals surface area contributed by atoms with Gasteiger partial charge in [0.2, 0.25) is 0 Å². The minimum absolute atomic E-state index is 0.293. The standard InChI is InChI=1S/C19H32O3S/c1-2-3-4-5-6-7-8-9-10-11-13-18-14-12-15-19(16-18)17-23(20,21)22/h12,14-16H,2-11,13,17H2,1H3,(H,20,21,22). The zero-order valence-corrected chi connectivity index (χ0v) is 15.3. The first-order chi connectivity index (χ1) is 11.0. The molecule has 0 radical (unpaired) electrons. The van der Waals surface area contributed by atoms with Gasteiger partial charge in [0.25, 0.3) is 10.1 Å². The molecule has 0 bridgehead atoms. The van der Waals surface area contributed by atoms with Crippen molar-refractivity contribution < 1.29 is 13.0 Å². The lowest BCUT2D eigenvalue weighted by atomic mass is 10.0. The number of unbranched alkanes of at least 4 members (excludes halogenated alkanes) is 9. The van der Waals surface area contributed by atoms with Gasteiger partial charge in [0.05, 0.1) is 0 Å². The van der Waals surface area contributed by atoms with Crippen molar-refractivity contribution in [2.75, 3.05) is 0 Å². The molecular formula is C19H32O3S. The molecule has 23 heavy (non-hydrogen) atoms. The van der Waals surface area contributed by atoms with Crippen LogP contribution in [0, 0.1) is 0 Å². The molecule has 1 rings (SSSR count). The number of rotatable bonds is 13. The van der Waals surface area contributed by atoms with Crippen LogP contribution in [-0.2, 0) is 22.3 Å². The summed E-state index contributed by atoms with van der Waals surface area (Å²) in [7, 11) is -3.94. The Hall–Kier alpha value is -0.870. The summed E-state index contributed by atoms with van der Waals surface area (Å²) in [6, 6.07) is 7.53. The highest BCUT2D eigenvalue weighted by Gasteiger charge is 2.06. The fourth-order valence-electron chi connectivity index (χ4n) is 2.90. The van der Waals surface area contributed by atoms with E-state index in [4.69, 9.17) is 4.55 Å². The average Bonchev–Trinajstić information content (AvgIpc) is 2.48. The molecule has 0 heterocycles. The van der Waals surface area contributed by atoms with Crippen LogP contribution < -0.4 is 0 Å². The molecule has 0 atom stereocenters. The van der Waals surface area contributed by atoms with Crippen molar-refractivity contribution in [1.82, 2.24) is 0 Å². The Morgan fingerprint density at radius 2 is 1.35 bits per heavy atom. The lowest BCUT2D eigenvalue weighted by Crippen LogP contribution is -2.02. The largest absolute Gasteiger partial charge is 0.285 e. The van der Waals surface area contributed by atoms with Gasteiger partial charge in [-0.2, -0.15) is 8.42 Å². The van der Waals surface area contributed by atoms with E-state index in [1.807, 2.05) is 18.2 Å². The SMILES string of the molecule is CCCCCCCCCCCCc1cccc(CS(=O)(=O)O)c1. The molecule has 0 aliphatic rings. The number of aryl methyl sites for hydroxylation is 1. The second-order valence-corrected chi connectivity index (χ2v) is 7.93. The summed E-state index contributed by atoms with van der Waals surface area (Å²) < 4.78 is 30.7.